The van der Waals surface area contributed by atoms with Crippen LogP contribution in [0.25, 0.3) is 10.9 Å². The third kappa shape index (κ3) is 1.63. The Kier molecular flexibility index (Phi) is 2.71. The van der Waals surface area contributed by atoms with Gasteiger partial charge in [0.05, 0.1) is 10.5 Å². The first-order valence-electron chi connectivity index (χ1n) is 4.46. The molecule has 0 aliphatic carbocycles. The van der Waals surface area contributed by atoms with Crippen molar-refractivity contribution in [3.8, 4) is 0 Å². The zero-order valence-corrected chi connectivity index (χ0v) is 9.89. The fourth-order valence-electron chi connectivity index (χ4n) is 1.55. The number of halogens is 1. The van der Waals surface area contributed by atoms with E-state index in [1.165, 1.54) is 10.7 Å². The van der Waals surface area contributed by atoms with E-state index in [4.69, 9.17) is 11.6 Å². The van der Waals surface area contributed by atoms with Gasteiger partial charge in [-0.3, -0.25) is 4.98 Å². The minimum absolute atomic E-state index is 0.741. The van der Waals surface area contributed by atoms with Crippen LogP contribution < -0.4 is 5.30 Å². The molecule has 0 aliphatic rings. The van der Waals surface area contributed by atoms with Crippen LogP contribution in [0.1, 0.15) is 5.69 Å². The van der Waals surface area contributed by atoms with Crippen LogP contribution in [0.5, 0.6) is 0 Å². The Labute approximate surface area is 90.3 Å². The SMILES string of the molecule is CPc1cc(C)nc2c(Cl)cccc12. The van der Waals surface area contributed by atoms with Crippen LogP contribution >= 0.6 is 20.2 Å². The van der Waals surface area contributed by atoms with Crippen LogP contribution in [0.3, 0.4) is 0 Å². The average Bonchev–Trinajstić information content (AvgIpc) is 2.18. The fourth-order valence-corrected chi connectivity index (χ4v) is 2.59. The maximum absolute atomic E-state index is 6.10. The summed E-state index contributed by atoms with van der Waals surface area (Å²) in [6.07, 6.45) is 0. The Morgan fingerprint density at radius 3 is 2.86 bits per heavy atom. The van der Waals surface area contributed by atoms with E-state index in [1.54, 1.807) is 0 Å². The molecule has 0 radical (unpaired) electrons. The highest BCUT2D eigenvalue weighted by molar-refractivity contribution is 7.47. The van der Waals surface area contributed by atoms with Crippen molar-refractivity contribution in [1.82, 2.24) is 4.98 Å². The Hall–Kier alpha value is -0.650. The molecular weight excluding hydrogens is 213 g/mol. The molecule has 1 aromatic carbocycles. The highest BCUT2D eigenvalue weighted by Gasteiger charge is 2.04. The summed E-state index contributed by atoms with van der Waals surface area (Å²) < 4.78 is 0. The zero-order valence-electron chi connectivity index (χ0n) is 8.13. The van der Waals surface area contributed by atoms with E-state index in [2.05, 4.69) is 23.8 Å². The molecule has 1 aromatic heterocycles. The van der Waals surface area contributed by atoms with Crippen molar-refractivity contribution in [3.05, 3.63) is 35.0 Å². The van der Waals surface area contributed by atoms with Crippen molar-refractivity contribution in [1.29, 1.82) is 0 Å². The maximum Gasteiger partial charge on any atom is 0.0897 e. The van der Waals surface area contributed by atoms with Crippen LogP contribution in [0, 0.1) is 6.92 Å². The quantitative estimate of drug-likeness (QED) is 0.677. The highest BCUT2D eigenvalue weighted by Crippen LogP contribution is 2.23. The van der Waals surface area contributed by atoms with Crippen LogP contribution in [-0.2, 0) is 0 Å². The molecule has 0 saturated heterocycles. The van der Waals surface area contributed by atoms with Crippen molar-refractivity contribution in [3.63, 3.8) is 0 Å². The summed E-state index contributed by atoms with van der Waals surface area (Å²) in [5.74, 6) is 0. The summed E-state index contributed by atoms with van der Waals surface area (Å²) in [6.45, 7) is 4.18. The molecule has 2 aromatic rings. The lowest BCUT2D eigenvalue weighted by Crippen LogP contribution is -2.00. The Bertz CT molecular complexity index is 482. The highest BCUT2D eigenvalue weighted by atomic mass is 35.5. The van der Waals surface area contributed by atoms with Gasteiger partial charge in [-0.1, -0.05) is 32.3 Å². The standard InChI is InChI=1S/C11H11ClNP/c1-7-6-10(14-2)8-4-3-5-9(12)11(8)13-7/h3-6,14H,1-2H3. The van der Waals surface area contributed by atoms with Gasteiger partial charge in [-0.2, -0.15) is 0 Å². The van der Waals surface area contributed by atoms with Gasteiger partial charge in [0.2, 0.25) is 0 Å². The average molecular weight is 224 g/mol. The van der Waals surface area contributed by atoms with E-state index in [0.717, 1.165) is 24.8 Å². The second kappa shape index (κ2) is 3.84. The molecule has 0 fully saturated rings. The largest absolute Gasteiger partial charge is 0.252 e. The molecule has 0 bridgehead atoms. The molecule has 2 rings (SSSR count). The predicted molar refractivity (Wildman–Crippen MR) is 65.4 cm³/mol. The molecule has 0 spiro atoms. The number of hydrogen-bond donors (Lipinski definition) is 0. The number of aromatic nitrogens is 1. The van der Waals surface area contributed by atoms with Gasteiger partial charge in [-0.05, 0) is 31.0 Å². The van der Waals surface area contributed by atoms with Gasteiger partial charge in [-0.25, -0.2) is 0 Å². The van der Waals surface area contributed by atoms with E-state index >= 15 is 0 Å². The third-order valence-electron chi connectivity index (χ3n) is 2.19. The topological polar surface area (TPSA) is 12.9 Å². The molecule has 0 N–H and O–H groups in total. The normalized spacial score (nSPS) is 11.6. The van der Waals surface area contributed by atoms with Crippen molar-refractivity contribution in [2.24, 2.45) is 0 Å². The van der Waals surface area contributed by atoms with Crippen molar-refractivity contribution in [2.75, 3.05) is 6.66 Å². The molecule has 1 unspecified atom stereocenters. The molecule has 0 saturated carbocycles. The second-order valence-corrected chi connectivity index (χ2v) is 4.64. The zero-order chi connectivity index (χ0) is 10.1. The number of hydrogen-bond acceptors (Lipinski definition) is 1. The number of nitrogens with zero attached hydrogens (tertiary/aromatic N) is 1. The van der Waals surface area contributed by atoms with Gasteiger partial charge in [0.1, 0.15) is 0 Å². The summed E-state index contributed by atoms with van der Waals surface area (Å²) in [5, 5.41) is 3.27. The minimum atomic E-state index is 0.741. The van der Waals surface area contributed by atoms with E-state index in [-0.39, 0.29) is 0 Å². The first-order chi connectivity index (χ1) is 6.72. The number of benzene rings is 1. The number of aryl methyl sites for hydroxylation is 1. The van der Waals surface area contributed by atoms with Crippen LogP contribution in [0.4, 0.5) is 0 Å². The van der Waals surface area contributed by atoms with Crippen molar-refractivity contribution in [2.45, 2.75) is 6.92 Å². The van der Waals surface area contributed by atoms with Crippen LogP contribution in [0.15, 0.2) is 24.3 Å². The lowest BCUT2D eigenvalue weighted by molar-refractivity contribution is 1.26. The summed E-state index contributed by atoms with van der Waals surface area (Å²) in [5.41, 5.74) is 1.97. The molecule has 1 nitrogen and oxygen atoms in total. The summed E-state index contributed by atoms with van der Waals surface area (Å²) in [6, 6.07) is 8.08. The predicted octanol–water partition coefficient (Wildman–Crippen LogP) is 3.13. The van der Waals surface area contributed by atoms with Gasteiger partial charge < -0.3 is 0 Å². The summed E-state index contributed by atoms with van der Waals surface area (Å²) >= 11 is 6.10. The number of pyridine rings is 1. The molecule has 0 aliphatic heterocycles. The van der Waals surface area contributed by atoms with Gasteiger partial charge >= 0.3 is 0 Å². The smallest absolute Gasteiger partial charge is 0.0897 e. The van der Waals surface area contributed by atoms with E-state index in [1.807, 2.05) is 19.1 Å². The van der Waals surface area contributed by atoms with Gasteiger partial charge in [0.15, 0.2) is 0 Å². The van der Waals surface area contributed by atoms with E-state index in [0.29, 0.717) is 0 Å². The molecule has 0 amide bonds. The fraction of sp³-hybridized carbons (Fsp3) is 0.182. The Balaban J connectivity index is 2.87. The maximum atomic E-state index is 6.10. The van der Waals surface area contributed by atoms with Crippen molar-refractivity contribution < 1.29 is 0 Å². The minimum Gasteiger partial charge on any atom is -0.252 e. The number of fused-ring (bicyclic) bond motifs is 1. The summed E-state index contributed by atoms with van der Waals surface area (Å²) in [4.78, 5) is 4.46. The molecular formula is C11H11ClNP. The van der Waals surface area contributed by atoms with Crippen molar-refractivity contribution >= 4 is 36.4 Å². The molecule has 1 heterocycles. The molecule has 1 atom stereocenters. The first-order valence-corrected chi connectivity index (χ1v) is 6.34. The number of rotatable bonds is 1. The second-order valence-electron chi connectivity index (χ2n) is 3.20. The van der Waals surface area contributed by atoms with E-state index in [9.17, 15) is 0 Å². The molecule has 72 valence electrons. The van der Waals surface area contributed by atoms with Gasteiger partial charge in [-0.15, -0.1) is 0 Å². The van der Waals surface area contributed by atoms with E-state index < -0.39 is 0 Å². The number of para-hydroxylation sites is 1. The molecule has 14 heavy (non-hydrogen) atoms. The monoisotopic (exact) mass is 223 g/mol. The lowest BCUT2D eigenvalue weighted by Gasteiger charge is -2.06. The lowest BCUT2D eigenvalue weighted by atomic mass is 10.2. The van der Waals surface area contributed by atoms with Gasteiger partial charge in [0.25, 0.3) is 0 Å². The Morgan fingerprint density at radius 2 is 2.14 bits per heavy atom. The van der Waals surface area contributed by atoms with Crippen LogP contribution in [-0.4, -0.2) is 11.6 Å². The molecule has 3 heteroatoms. The Morgan fingerprint density at radius 1 is 1.36 bits per heavy atom. The summed E-state index contributed by atoms with van der Waals surface area (Å²) in [7, 11) is 0.778. The van der Waals surface area contributed by atoms with Gasteiger partial charge in [0, 0.05) is 11.1 Å². The first kappa shape index (κ1) is 9.89. The van der Waals surface area contributed by atoms with Crippen LogP contribution in [0.2, 0.25) is 5.02 Å². The third-order valence-corrected chi connectivity index (χ3v) is 3.45.